The molecule has 146 valence electrons. The molecule has 8 heteroatoms. The zero-order valence-corrected chi connectivity index (χ0v) is 15.8. The third kappa shape index (κ3) is 3.96. The molecule has 0 unspecified atom stereocenters. The Morgan fingerprint density at radius 3 is 2.71 bits per heavy atom. The van der Waals surface area contributed by atoms with Gasteiger partial charge in [-0.05, 0) is 19.9 Å². The van der Waals surface area contributed by atoms with Crippen molar-refractivity contribution in [3.8, 4) is 11.3 Å². The summed E-state index contributed by atoms with van der Waals surface area (Å²) in [5.74, 6) is 0.323. The van der Waals surface area contributed by atoms with Gasteiger partial charge in [0.25, 0.3) is 5.91 Å². The van der Waals surface area contributed by atoms with Crippen LogP contribution in [0, 0.1) is 11.4 Å². The third-order valence-corrected chi connectivity index (χ3v) is 5.36. The van der Waals surface area contributed by atoms with Gasteiger partial charge in [0.15, 0.2) is 0 Å². The minimum atomic E-state index is -0.243. The van der Waals surface area contributed by atoms with Crippen LogP contribution in [0.3, 0.4) is 0 Å². The van der Waals surface area contributed by atoms with Crippen molar-refractivity contribution >= 4 is 5.91 Å². The van der Waals surface area contributed by atoms with Crippen molar-refractivity contribution in [2.45, 2.75) is 24.9 Å². The Morgan fingerprint density at radius 2 is 2.04 bits per heavy atom. The van der Waals surface area contributed by atoms with Gasteiger partial charge >= 0.3 is 0 Å². The number of carbonyl (C=O) groups is 1. The van der Waals surface area contributed by atoms with Crippen LogP contribution in [0.25, 0.3) is 11.3 Å². The van der Waals surface area contributed by atoms with Crippen LogP contribution in [0.2, 0.25) is 0 Å². The zero-order chi connectivity index (χ0) is 19.5. The van der Waals surface area contributed by atoms with Crippen molar-refractivity contribution in [2.24, 2.45) is 11.0 Å². The van der Waals surface area contributed by atoms with E-state index < -0.39 is 0 Å². The topological polar surface area (TPSA) is 107 Å². The molecule has 8 nitrogen and oxygen atoms in total. The fourth-order valence-corrected chi connectivity index (χ4v) is 3.59. The molecule has 2 aliphatic rings. The summed E-state index contributed by atoms with van der Waals surface area (Å²) < 4.78 is 5.20. The number of likely N-dealkylation sites (tertiary alicyclic amines) is 1. The van der Waals surface area contributed by atoms with Gasteiger partial charge in [-0.2, -0.15) is 5.11 Å². The molecular formula is C20H24N6O2. The largest absolute Gasteiger partial charge is 0.386 e. The van der Waals surface area contributed by atoms with Crippen molar-refractivity contribution in [1.82, 2.24) is 20.7 Å². The summed E-state index contributed by atoms with van der Waals surface area (Å²) in [5.41, 5.74) is 9.69. The Labute approximate surface area is 163 Å². The van der Waals surface area contributed by atoms with Gasteiger partial charge in [-0.15, -0.1) is 0 Å². The van der Waals surface area contributed by atoms with Crippen LogP contribution in [0.15, 0.2) is 57.9 Å². The molecule has 1 aliphatic carbocycles. The molecule has 1 saturated heterocycles. The van der Waals surface area contributed by atoms with Crippen LogP contribution in [0.4, 0.5) is 0 Å². The van der Waals surface area contributed by atoms with E-state index in [-0.39, 0.29) is 23.8 Å². The van der Waals surface area contributed by atoms with Crippen molar-refractivity contribution in [2.75, 3.05) is 20.1 Å². The van der Waals surface area contributed by atoms with E-state index in [0.717, 1.165) is 37.2 Å². The normalized spacial score (nSPS) is 22.8. The first-order valence-corrected chi connectivity index (χ1v) is 9.47. The minimum absolute atomic E-state index is 0.106. The second-order valence-corrected chi connectivity index (χ2v) is 7.55. The number of nitrogens with zero attached hydrogens (tertiary/aromatic N) is 3. The molecule has 1 aliphatic heterocycles. The molecule has 2 fully saturated rings. The van der Waals surface area contributed by atoms with Crippen molar-refractivity contribution in [3.05, 3.63) is 54.1 Å². The summed E-state index contributed by atoms with van der Waals surface area (Å²) in [5, 5.41) is 13.9. The molecule has 4 rings (SSSR count). The van der Waals surface area contributed by atoms with Gasteiger partial charge in [0, 0.05) is 48.9 Å². The van der Waals surface area contributed by atoms with Crippen LogP contribution >= 0.6 is 0 Å². The quantitative estimate of drug-likeness (QED) is 0.640. The lowest BCUT2D eigenvalue weighted by molar-refractivity contribution is 0.0868. The third-order valence-electron chi connectivity index (χ3n) is 5.36. The lowest BCUT2D eigenvalue weighted by atomic mass is 9.86. The molecule has 2 heterocycles. The molecule has 1 saturated carbocycles. The molecule has 1 aromatic heterocycles. The van der Waals surface area contributed by atoms with Gasteiger partial charge in [-0.1, -0.05) is 35.5 Å². The van der Waals surface area contributed by atoms with Gasteiger partial charge < -0.3 is 20.1 Å². The molecule has 2 aromatic rings. The number of nitrogens with one attached hydrogen (secondary N) is 3. The Hall–Kier alpha value is -3.00. The number of benzene rings is 1. The number of aromatic nitrogens is 1. The first kappa shape index (κ1) is 18.4. The van der Waals surface area contributed by atoms with E-state index >= 15 is 0 Å². The van der Waals surface area contributed by atoms with Crippen LogP contribution in [-0.2, 0) is 0 Å². The Kier molecular flexibility index (Phi) is 5.21. The Bertz CT molecular complexity index is 866. The minimum Gasteiger partial charge on any atom is -0.386 e. The summed E-state index contributed by atoms with van der Waals surface area (Å²) >= 11 is 0. The number of hydrogen-bond acceptors (Lipinski definition) is 7. The highest BCUT2D eigenvalue weighted by molar-refractivity contribution is 5.92. The van der Waals surface area contributed by atoms with E-state index in [4.69, 9.17) is 10.1 Å². The monoisotopic (exact) mass is 380 g/mol. The van der Waals surface area contributed by atoms with Gasteiger partial charge in [-0.25, -0.2) is 5.53 Å². The van der Waals surface area contributed by atoms with E-state index in [1.54, 1.807) is 6.07 Å². The molecule has 1 aromatic carbocycles. The van der Waals surface area contributed by atoms with Crippen LogP contribution in [0.1, 0.15) is 23.4 Å². The average Bonchev–Trinajstić information content (AvgIpc) is 3.15. The van der Waals surface area contributed by atoms with Crippen molar-refractivity contribution < 1.29 is 9.32 Å². The molecule has 0 bridgehead atoms. The maximum absolute atomic E-state index is 12.4. The summed E-state index contributed by atoms with van der Waals surface area (Å²) in [4.78, 5) is 14.6. The van der Waals surface area contributed by atoms with Gasteiger partial charge in [0.2, 0.25) is 5.76 Å². The fraction of sp³-hybridized carbons (Fsp3) is 0.400. The van der Waals surface area contributed by atoms with E-state index in [2.05, 4.69) is 32.9 Å². The number of rotatable bonds is 7. The first-order valence-electron chi connectivity index (χ1n) is 9.47. The highest BCUT2D eigenvalue weighted by Crippen LogP contribution is 2.25. The maximum Gasteiger partial charge on any atom is 0.290 e. The Morgan fingerprint density at radius 1 is 1.29 bits per heavy atom. The zero-order valence-electron chi connectivity index (χ0n) is 15.8. The molecule has 1 amide bonds. The summed E-state index contributed by atoms with van der Waals surface area (Å²) in [6.45, 7) is 1.89. The molecule has 0 atom stereocenters. The van der Waals surface area contributed by atoms with E-state index in [9.17, 15) is 4.79 Å². The molecule has 0 spiro atoms. The first-order chi connectivity index (χ1) is 13.6. The second-order valence-electron chi connectivity index (χ2n) is 7.55. The molecule has 28 heavy (non-hydrogen) atoms. The predicted octanol–water partition coefficient (Wildman–Crippen LogP) is 2.63. The van der Waals surface area contributed by atoms with E-state index in [0.29, 0.717) is 11.6 Å². The lowest BCUT2D eigenvalue weighted by Gasteiger charge is -2.38. The average molecular weight is 380 g/mol. The fourth-order valence-electron chi connectivity index (χ4n) is 3.59. The predicted molar refractivity (Wildman–Crippen MR) is 104 cm³/mol. The van der Waals surface area contributed by atoms with Crippen LogP contribution < -0.4 is 10.6 Å². The van der Waals surface area contributed by atoms with Crippen molar-refractivity contribution in [3.63, 3.8) is 0 Å². The molecular weight excluding hydrogens is 356 g/mol. The van der Waals surface area contributed by atoms with Crippen molar-refractivity contribution in [1.29, 1.82) is 5.53 Å². The second kappa shape index (κ2) is 7.93. The van der Waals surface area contributed by atoms with Gasteiger partial charge in [0.1, 0.15) is 5.69 Å². The highest BCUT2D eigenvalue weighted by Gasteiger charge is 2.32. The summed E-state index contributed by atoms with van der Waals surface area (Å²) in [7, 11) is 2.06. The lowest BCUT2D eigenvalue weighted by Crippen LogP contribution is -2.51. The maximum atomic E-state index is 12.4. The summed E-state index contributed by atoms with van der Waals surface area (Å²) in [6.07, 6.45) is 3.52. The van der Waals surface area contributed by atoms with E-state index in [1.165, 1.54) is 0 Å². The summed E-state index contributed by atoms with van der Waals surface area (Å²) in [6, 6.07) is 11.7. The number of amides is 1. The van der Waals surface area contributed by atoms with E-state index in [1.807, 2.05) is 36.5 Å². The number of carbonyl (C=O) groups excluding carboxylic acids is 1. The van der Waals surface area contributed by atoms with Crippen LogP contribution in [-0.4, -0.2) is 48.2 Å². The standard InChI is InChI=1S/C20H24N6O2/c1-26-11-14(12-26)18(24-21)10-22-15-7-16(8-15)23-20(27)19-9-17(25-28-19)13-5-3-2-4-6-13/h2-6,9-10,14-16,21-22H,7-8,11-12H2,1H3,(H,23,27)/b18-10-,24-21?/t15-,16-. The smallest absolute Gasteiger partial charge is 0.290 e. The SMILES string of the molecule is CN1CC(/C(=C/N[C@H]2C[C@H](NC(=O)c3cc(-c4ccccc4)no3)C2)N=N)C1. The molecule has 0 radical (unpaired) electrons. The molecule has 3 N–H and O–H groups in total. The van der Waals surface area contributed by atoms with Gasteiger partial charge in [0.05, 0.1) is 5.70 Å². The van der Waals surface area contributed by atoms with Gasteiger partial charge in [-0.3, -0.25) is 4.79 Å². The van der Waals surface area contributed by atoms with Crippen LogP contribution in [0.5, 0.6) is 0 Å². The Balaban J connectivity index is 1.24. The number of hydrogen-bond donors (Lipinski definition) is 3. The highest BCUT2D eigenvalue weighted by atomic mass is 16.5.